The minimum absolute atomic E-state index is 0.0299. The standard InChI is InChI=1S/C14H13N3O5/c18-14-12(9-16-5-7-21-8-6-16)15-13(22-14)10-1-3-11(4-2-10)17(19)20/h1-4,9H,5-8H2/b12-9-. The summed E-state index contributed by atoms with van der Waals surface area (Å²) in [6, 6.07) is 5.69. The van der Waals surface area contributed by atoms with Gasteiger partial charge >= 0.3 is 5.97 Å². The number of carbonyl (C=O) groups is 1. The fourth-order valence-corrected chi connectivity index (χ4v) is 2.13. The van der Waals surface area contributed by atoms with Gasteiger partial charge < -0.3 is 14.4 Å². The van der Waals surface area contributed by atoms with Gasteiger partial charge in [-0.15, -0.1) is 0 Å². The number of esters is 1. The van der Waals surface area contributed by atoms with E-state index >= 15 is 0 Å². The van der Waals surface area contributed by atoms with E-state index in [-0.39, 0.29) is 17.3 Å². The van der Waals surface area contributed by atoms with Gasteiger partial charge in [-0.25, -0.2) is 9.79 Å². The third-order valence-electron chi connectivity index (χ3n) is 3.30. The van der Waals surface area contributed by atoms with Crippen molar-refractivity contribution in [1.29, 1.82) is 0 Å². The Morgan fingerprint density at radius 3 is 2.55 bits per heavy atom. The molecule has 0 amide bonds. The van der Waals surface area contributed by atoms with Crippen LogP contribution in [0.2, 0.25) is 0 Å². The predicted molar refractivity (Wildman–Crippen MR) is 76.2 cm³/mol. The molecule has 3 rings (SSSR count). The highest BCUT2D eigenvalue weighted by molar-refractivity contribution is 6.11. The van der Waals surface area contributed by atoms with E-state index in [0.29, 0.717) is 31.9 Å². The number of rotatable bonds is 3. The number of benzene rings is 1. The molecule has 0 spiro atoms. The van der Waals surface area contributed by atoms with E-state index in [9.17, 15) is 14.9 Å². The van der Waals surface area contributed by atoms with Crippen LogP contribution in [-0.2, 0) is 14.3 Å². The Morgan fingerprint density at radius 1 is 1.23 bits per heavy atom. The van der Waals surface area contributed by atoms with Crippen LogP contribution in [0.25, 0.3) is 0 Å². The van der Waals surface area contributed by atoms with E-state index in [1.54, 1.807) is 6.20 Å². The molecule has 8 heteroatoms. The Balaban J connectivity index is 1.79. The number of cyclic esters (lactones) is 1. The SMILES string of the molecule is O=C1OC(c2ccc([N+](=O)[O-])cc2)=N/C1=C\N1CCOCC1. The Labute approximate surface area is 125 Å². The molecule has 1 aromatic rings. The molecule has 0 bridgehead atoms. The molecule has 0 radical (unpaired) electrons. The fourth-order valence-electron chi connectivity index (χ4n) is 2.13. The van der Waals surface area contributed by atoms with Crippen LogP contribution in [0.15, 0.2) is 41.2 Å². The van der Waals surface area contributed by atoms with Gasteiger partial charge in [-0.05, 0) is 12.1 Å². The number of nitro groups is 1. The largest absolute Gasteiger partial charge is 0.402 e. The van der Waals surface area contributed by atoms with Gasteiger partial charge in [0.1, 0.15) is 0 Å². The number of nitro benzene ring substituents is 1. The average molecular weight is 303 g/mol. The monoisotopic (exact) mass is 303 g/mol. The Hall–Kier alpha value is -2.74. The van der Waals surface area contributed by atoms with E-state index in [1.165, 1.54) is 24.3 Å². The third-order valence-corrected chi connectivity index (χ3v) is 3.30. The summed E-state index contributed by atoms with van der Waals surface area (Å²) >= 11 is 0. The highest BCUT2D eigenvalue weighted by Crippen LogP contribution is 2.19. The van der Waals surface area contributed by atoms with E-state index in [2.05, 4.69) is 4.99 Å². The Bertz CT molecular complexity index is 660. The zero-order valence-corrected chi connectivity index (χ0v) is 11.6. The van der Waals surface area contributed by atoms with Crippen LogP contribution in [-0.4, -0.2) is 48.0 Å². The molecule has 1 saturated heterocycles. The van der Waals surface area contributed by atoms with Gasteiger partial charge in [-0.1, -0.05) is 0 Å². The normalized spacial score (nSPS) is 20.0. The second-order valence-electron chi connectivity index (χ2n) is 4.77. The summed E-state index contributed by atoms with van der Waals surface area (Å²) in [5.41, 5.74) is 0.706. The number of non-ortho nitro benzene ring substituents is 1. The van der Waals surface area contributed by atoms with Gasteiger partial charge in [-0.2, -0.15) is 0 Å². The highest BCUT2D eigenvalue weighted by Gasteiger charge is 2.25. The first-order valence-electron chi connectivity index (χ1n) is 6.73. The van der Waals surface area contributed by atoms with Crippen LogP contribution in [0.5, 0.6) is 0 Å². The van der Waals surface area contributed by atoms with Gasteiger partial charge in [0.2, 0.25) is 5.90 Å². The lowest BCUT2D eigenvalue weighted by atomic mass is 10.2. The van der Waals surface area contributed by atoms with Gasteiger partial charge in [0.25, 0.3) is 5.69 Å². The van der Waals surface area contributed by atoms with Crippen molar-refractivity contribution in [3.05, 3.63) is 51.8 Å². The minimum Gasteiger partial charge on any atom is -0.402 e. The number of carbonyl (C=O) groups excluding carboxylic acids is 1. The first kappa shape index (κ1) is 14.2. The molecule has 0 aliphatic carbocycles. The summed E-state index contributed by atoms with van der Waals surface area (Å²) in [6.45, 7) is 2.60. The van der Waals surface area contributed by atoms with Crippen LogP contribution in [0.4, 0.5) is 5.69 Å². The summed E-state index contributed by atoms with van der Waals surface area (Å²) in [7, 11) is 0. The number of hydrogen-bond donors (Lipinski definition) is 0. The van der Waals surface area contributed by atoms with Crippen LogP contribution in [0, 0.1) is 10.1 Å². The van der Waals surface area contributed by atoms with E-state index in [4.69, 9.17) is 9.47 Å². The first-order valence-corrected chi connectivity index (χ1v) is 6.73. The number of ether oxygens (including phenoxy) is 2. The quantitative estimate of drug-likeness (QED) is 0.359. The Kier molecular flexibility index (Phi) is 3.84. The van der Waals surface area contributed by atoms with Crippen molar-refractivity contribution in [1.82, 2.24) is 4.90 Å². The molecule has 0 N–H and O–H groups in total. The maximum atomic E-state index is 11.8. The van der Waals surface area contributed by atoms with Crippen molar-refractivity contribution in [2.24, 2.45) is 4.99 Å². The minimum atomic E-state index is -0.528. The van der Waals surface area contributed by atoms with Crippen molar-refractivity contribution in [2.75, 3.05) is 26.3 Å². The molecule has 2 heterocycles. The van der Waals surface area contributed by atoms with E-state index < -0.39 is 10.9 Å². The maximum absolute atomic E-state index is 11.8. The highest BCUT2D eigenvalue weighted by atomic mass is 16.6. The molecule has 0 saturated carbocycles. The lowest BCUT2D eigenvalue weighted by Gasteiger charge is -2.24. The zero-order valence-electron chi connectivity index (χ0n) is 11.6. The molecular weight excluding hydrogens is 290 g/mol. The topological polar surface area (TPSA) is 94.3 Å². The number of hydrogen-bond acceptors (Lipinski definition) is 7. The second-order valence-corrected chi connectivity index (χ2v) is 4.77. The summed E-state index contributed by atoms with van der Waals surface area (Å²) in [5, 5.41) is 10.6. The van der Waals surface area contributed by atoms with Crippen LogP contribution in [0.1, 0.15) is 5.56 Å². The molecular formula is C14H13N3O5. The lowest BCUT2D eigenvalue weighted by Crippen LogP contribution is -2.32. The molecule has 114 valence electrons. The second kappa shape index (κ2) is 5.94. The molecule has 0 aromatic heterocycles. The molecule has 0 unspecified atom stereocenters. The van der Waals surface area contributed by atoms with Crippen molar-refractivity contribution in [3.63, 3.8) is 0 Å². The van der Waals surface area contributed by atoms with E-state index in [0.717, 1.165) is 0 Å². The lowest BCUT2D eigenvalue weighted by molar-refractivity contribution is -0.384. The van der Waals surface area contributed by atoms with E-state index in [1.807, 2.05) is 4.90 Å². The van der Waals surface area contributed by atoms with Gasteiger partial charge in [0, 0.05) is 37.0 Å². The molecule has 0 atom stereocenters. The van der Waals surface area contributed by atoms with Gasteiger partial charge in [0.05, 0.1) is 18.1 Å². The number of aliphatic imine (C=N–C) groups is 1. The van der Waals surface area contributed by atoms with Gasteiger partial charge in [0.15, 0.2) is 5.70 Å². The van der Waals surface area contributed by atoms with Crippen LogP contribution >= 0.6 is 0 Å². The summed E-state index contributed by atoms with van der Waals surface area (Å²) in [5.74, 6) is -0.376. The number of morpholine rings is 1. The van der Waals surface area contributed by atoms with Crippen molar-refractivity contribution >= 4 is 17.6 Å². The summed E-state index contributed by atoms with van der Waals surface area (Å²) in [6.07, 6.45) is 1.66. The third kappa shape index (κ3) is 2.96. The van der Waals surface area contributed by atoms with Crippen molar-refractivity contribution < 1.29 is 19.2 Å². The maximum Gasteiger partial charge on any atom is 0.365 e. The van der Waals surface area contributed by atoms with Crippen molar-refractivity contribution in [3.8, 4) is 0 Å². The first-order chi connectivity index (χ1) is 10.6. The van der Waals surface area contributed by atoms with Crippen molar-refractivity contribution in [2.45, 2.75) is 0 Å². The molecule has 1 fully saturated rings. The summed E-state index contributed by atoms with van der Waals surface area (Å²) in [4.78, 5) is 28.1. The number of nitrogens with zero attached hydrogens (tertiary/aromatic N) is 3. The predicted octanol–water partition coefficient (Wildman–Crippen LogP) is 1.07. The zero-order chi connectivity index (χ0) is 15.5. The fraction of sp³-hybridized carbons (Fsp3) is 0.286. The average Bonchev–Trinajstić information content (AvgIpc) is 2.89. The van der Waals surface area contributed by atoms with Gasteiger partial charge in [-0.3, -0.25) is 10.1 Å². The smallest absolute Gasteiger partial charge is 0.365 e. The molecule has 1 aromatic carbocycles. The molecule has 2 aliphatic heterocycles. The molecule has 8 nitrogen and oxygen atoms in total. The molecule has 2 aliphatic rings. The van der Waals surface area contributed by atoms with Crippen LogP contribution in [0.3, 0.4) is 0 Å². The summed E-state index contributed by atoms with van der Waals surface area (Å²) < 4.78 is 10.4. The molecule has 22 heavy (non-hydrogen) atoms. The Morgan fingerprint density at radius 2 is 1.91 bits per heavy atom. The van der Waals surface area contributed by atoms with Crippen LogP contribution < -0.4 is 0 Å².